The van der Waals surface area contributed by atoms with Crippen molar-refractivity contribution in [1.29, 1.82) is 0 Å². The van der Waals surface area contributed by atoms with Gasteiger partial charge in [-0.05, 0) is 18.8 Å². The molecule has 0 bridgehead atoms. The number of hydrogen-bond acceptors (Lipinski definition) is 3. The van der Waals surface area contributed by atoms with Crippen LogP contribution in [0.3, 0.4) is 0 Å². The minimum atomic E-state index is 0.512. The second-order valence-electron chi connectivity index (χ2n) is 7.62. The molecule has 1 rings (SSSR count). The van der Waals surface area contributed by atoms with Gasteiger partial charge in [0, 0.05) is 18.8 Å². The molecule has 0 saturated carbocycles. The Balaban J connectivity index is 1.70. The van der Waals surface area contributed by atoms with Crippen molar-refractivity contribution in [2.45, 2.75) is 110 Å². The lowest BCUT2D eigenvalue weighted by Crippen LogP contribution is -2.30. The van der Waals surface area contributed by atoms with E-state index in [1.54, 1.807) is 0 Å². The first kappa shape index (κ1) is 22.9. The Morgan fingerprint density at radius 1 is 0.840 bits per heavy atom. The third-order valence-electron chi connectivity index (χ3n) is 5.14. The first-order chi connectivity index (χ1) is 12.3. The van der Waals surface area contributed by atoms with Crippen LogP contribution in [-0.2, 0) is 4.74 Å². The van der Waals surface area contributed by atoms with Crippen LogP contribution in [0.1, 0.15) is 104 Å². The third kappa shape index (κ3) is 13.7. The average Bonchev–Trinajstić information content (AvgIpc) is 3.16. The van der Waals surface area contributed by atoms with Gasteiger partial charge in [0.1, 0.15) is 0 Å². The first-order valence-electron chi connectivity index (χ1n) is 11.0. The van der Waals surface area contributed by atoms with E-state index in [4.69, 9.17) is 4.74 Å². The Morgan fingerprint density at radius 3 is 1.84 bits per heavy atom. The lowest BCUT2D eigenvalue weighted by molar-refractivity contribution is 0.0878. The Labute approximate surface area is 162 Å². The van der Waals surface area contributed by atoms with Crippen LogP contribution in [0.15, 0.2) is 11.6 Å². The lowest BCUT2D eigenvalue weighted by Gasteiger charge is -2.23. The summed E-state index contributed by atoms with van der Waals surface area (Å²) in [5.74, 6) is 1.09. The van der Waals surface area contributed by atoms with Gasteiger partial charge >= 0.3 is 0 Å². The molecule has 3 heteroatoms. The molecule has 0 aromatic rings. The van der Waals surface area contributed by atoms with E-state index in [-0.39, 0.29) is 0 Å². The second kappa shape index (κ2) is 17.3. The highest BCUT2D eigenvalue weighted by atomic mass is 32.2. The predicted molar refractivity (Wildman–Crippen MR) is 114 cm³/mol. The largest absolute Gasteiger partial charge is 0.379 e. The first-order valence-corrected chi connectivity index (χ1v) is 12.0. The number of thioether (sulfide) groups is 1. The monoisotopic (exact) mass is 369 g/mol. The third-order valence-corrected chi connectivity index (χ3v) is 5.90. The smallest absolute Gasteiger partial charge is 0.0679 e. The standard InChI is InChI=1S/C22H43NOS/c1-3-4-5-6-7-8-9-10-11-12-13-14-15-16-18-24-20-22(2)23-17-19-25-21-23/h17,19,22H,3-16,18,20-21H2,1-2H3. The number of nitrogens with zero attached hydrogens (tertiary/aromatic N) is 1. The molecule has 1 aliphatic rings. The molecule has 0 spiro atoms. The fourth-order valence-corrected chi connectivity index (χ4v) is 4.16. The van der Waals surface area contributed by atoms with Crippen LogP contribution < -0.4 is 0 Å². The molecule has 1 heterocycles. The van der Waals surface area contributed by atoms with Gasteiger partial charge in [0.25, 0.3) is 0 Å². The molecule has 0 aromatic carbocycles. The summed E-state index contributed by atoms with van der Waals surface area (Å²) in [5.41, 5.74) is 0. The Hall–Kier alpha value is -0.150. The Bertz CT molecular complexity index is 308. The maximum atomic E-state index is 5.83. The molecule has 1 atom stereocenters. The highest BCUT2D eigenvalue weighted by Gasteiger charge is 2.12. The van der Waals surface area contributed by atoms with Gasteiger partial charge in [-0.1, -0.05) is 90.4 Å². The maximum Gasteiger partial charge on any atom is 0.0679 e. The van der Waals surface area contributed by atoms with E-state index in [1.165, 1.54) is 89.9 Å². The van der Waals surface area contributed by atoms with Crippen LogP contribution >= 0.6 is 11.8 Å². The Morgan fingerprint density at radius 2 is 1.36 bits per heavy atom. The molecule has 0 fully saturated rings. The van der Waals surface area contributed by atoms with E-state index in [0.717, 1.165) is 19.1 Å². The summed E-state index contributed by atoms with van der Waals surface area (Å²) in [4.78, 5) is 2.36. The fourth-order valence-electron chi connectivity index (χ4n) is 3.32. The number of ether oxygens (including phenoxy) is 1. The second-order valence-corrected chi connectivity index (χ2v) is 8.48. The number of unbranched alkanes of at least 4 members (excludes halogenated alkanes) is 13. The van der Waals surface area contributed by atoms with Crippen molar-refractivity contribution >= 4 is 11.8 Å². The van der Waals surface area contributed by atoms with E-state index >= 15 is 0 Å². The van der Waals surface area contributed by atoms with Crippen molar-refractivity contribution in [2.75, 3.05) is 19.1 Å². The number of hydrogen-bond donors (Lipinski definition) is 0. The highest BCUT2D eigenvalue weighted by molar-refractivity contribution is 8.02. The van der Waals surface area contributed by atoms with Gasteiger partial charge in [0.15, 0.2) is 0 Å². The summed E-state index contributed by atoms with van der Waals surface area (Å²) in [6, 6.07) is 0.512. The molecular formula is C22H43NOS. The zero-order valence-electron chi connectivity index (χ0n) is 17.0. The van der Waals surface area contributed by atoms with Gasteiger partial charge in [-0.2, -0.15) is 0 Å². The van der Waals surface area contributed by atoms with Crippen molar-refractivity contribution in [3.05, 3.63) is 11.6 Å². The maximum absolute atomic E-state index is 5.83. The molecule has 0 aliphatic carbocycles. The van der Waals surface area contributed by atoms with Gasteiger partial charge in [-0.25, -0.2) is 0 Å². The fraction of sp³-hybridized carbons (Fsp3) is 0.909. The van der Waals surface area contributed by atoms with E-state index in [9.17, 15) is 0 Å². The summed E-state index contributed by atoms with van der Waals surface area (Å²) in [6.07, 6.45) is 22.0. The average molecular weight is 370 g/mol. The van der Waals surface area contributed by atoms with Crippen molar-refractivity contribution in [3.63, 3.8) is 0 Å². The molecular weight excluding hydrogens is 326 g/mol. The predicted octanol–water partition coefficient (Wildman–Crippen LogP) is 7.35. The van der Waals surface area contributed by atoms with Crippen molar-refractivity contribution in [3.8, 4) is 0 Å². The van der Waals surface area contributed by atoms with Gasteiger partial charge in [-0.15, -0.1) is 11.8 Å². The summed E-state index contributed by atoms with van der Waals surface area (Å²) in [7, 11) is 0. The molecule has 148 valence electrons. The van der Waals surface area contributed by atoms with Gasteiger partial charge in [-0.3, -0.25) is 0 Å². The van der Waals surface area contributed by atoms with E-state index in [2.05, 4.69) is 30.4 Å². The van der Waals surface area contributed by atoms with Crippen molar-refractivity contribution in [1.82, 2.24) is 4.90 Å². The van der Waals surface area contributed by atoms with Crippen LogP contribution in [-0.4, -0.2) is 30.0 Å². The minimum absolute atomic E-state index is 0.512. The summed E-state index contributed by atoms with van der Waals surface area (Å²) in [6.45, 7) is 6.35. The van der Waals surface area contributed by atoms with Crippen LogP contribution in [0.25, 0.3) is 0 Å². The van der Waals surface area contributed by atoms with Gasteiger partial charge in [0.2, 0.25) is 0 Å². The molecule has 2 nitrogen and oxygen atoms in total. The van der Waals surface area contributed by atoms with Crippen LogP contribution in [0.2, 0.25) is 0 Å². The summed E-state index contributed by atoms with van der Waals surface area (Å²) in [5, 5.41) is 2.17. The van der Waals surface area contributed by atoms with E-state index < -0.39 is 0 Å². The lowest BCUT2D eigenvalue weighted by atomic mass is 10.0. The van der Waals surface area contributed by atoms with Crippen molar-refractivity contribution in [2.24, 2.45) is 0 Å². The molecule has 0 saturated heterocycles. The molecule has 0 amide bonds. The van der Waals surface area contributed by atoms with Crippen LogP contribution in [0.4, 0.5) is 0 Å². The molecule has 0 radical (unpaired) electrons. The SMILES string of the molecule is CCCCCCCCCCCCCCCCOCC(C)N1C=CSC1. The van der Waals surface area contributed by atoms with E-state index in [0.29, 0.717) is 6.04 Å². The zero-order chi connectivity index (χ0) is 18.0. The summed E-state index contributed by atoms with van der Waals surface area (Å²) >= 11 is 1.86. The normalized spacial score (nSPS) is 15.2. The molecule has 0 aromatic heterocycles. The quantitative estimate of drug-likeness (QED) is 0.234. The highest BCUT2D eigenvalue weighted by Crippen LogP contribution is 2.18. The minimum Gasteiger partial charge on any atom is -0.379 e. The Kier molecular flexibility index (Phi) is 15.8. The van der Waals surface area contributed by atoms with E-state index in [1.807, 2.05) is 11.8 Å². The van der Waals surface area contributed by atoms with Gasteiger partial charge < -0.3 is 9.64 Å². The zero-order valence-corrected chi connectivity index (χ0v) is 17.8. The number of rotatable bonds is 18. The van der Waals surface area contributed by atoms with Gasteiger partial charge in [0.05, 0.1) is 12.5 Å². The van der Waals surface area contributed by atoms with Crippen molar-refractivity contribution < 1.29 is 4.74 Å². The summed E-state index contributed by atoms with van der Waals surface area (Å²) < 4.78 is 5.83. The molecule has 1 unspecified atom stereocenters. The molecule has 25 heavy (non-hydrogen) atoms. The van der Waals surface area contributed by atoms with Crippen LogP contribution in [0.5, 0.6) is 0 Å². The molecule has 1 aliphatic heterocycles. The van der Waals surface area contributed by atoms with Crippen LogP contribution in [0, 0.1) is 0 Å². The molecule has 0 N–H and O–H groups in total. The topological polar surface area (TPSA) is 12.5 Å².